The predicted octanol–water partition coefficient (Wildman–Crippen LogP) is 19.0. The molecule has 0 spiro atoms. The van der Waals surface area contributed by atoms with Gasteiger partial charge in [-0.05, 0) is 109 Å². The van der Waals surface area contributed by atoms with Gasteiger partial charge in [-0.1, -0.05) is 222 Å². The van der Waals surface area contributed by atoms with Gasteiger partial charge in [0, 0.05) is 19.3 Å². The summed E-state index contributed by atoms with van der Waals surface area (Å²) in [5.41, 5.74) is 0. The van der Waals surface area contributed by atoms with Crippen molar-refractivity contribution in [1.29, 1.82) is 0 Å². The Hall–Kier alpha value is -3.15. The zero-order valence-electron chi connectivity index (χ0n) is 44.2. The standard InChI is InChI=1S/C61H106O6/c1-4-7-10-13-16-19-22-25-28-30-33-36-39-42-45-48-51-54-60(63)66-57-58(56-65-59(62)53-50-47-44-41-38-35-32-27-24-21-18-15-12-9-6-3)67-61(64)55-52-49-46-43-40-37-34-31-29-26-23-20-17-14-11-8-5-2/h16,19,21,24-26,28-29,33,36,42,45,58H,4-15,17-18,20,22-23,27,30-32,34-35,37-41,43-44,46-57H2,1-3H3/b19-16+,24-21+,28-25+,29-26+,36-33+,45-42+/t58-/m1/s1. The molecule has 0 radical (unpaired) electrons. The van der Waals surface area contributed by atoms with E-state index in [1.54, 1.807) is 0 Å². The molecule has 386 valence electrons. The van der Waals surface area contributed by atoms with E-state index in [0.717, 1.165) is 64.2 Å². The fourth-order valence-corrected chi connectivity index (χ4v) is 7.84. The highest BCUT2D eigenvalue weighted by atomic mass is 16.6. The summed E-state index contributed by atoms with van der Waals surface area (Å²) in [5, 5.41) is 0. The van der Waals surface area contributed by atoms with Crippen LogP contribution in [0.1, 0.15) is 278 Å². The number of carbonyl (C=O) groups excluding carboxylic acids is 3. The molecule has 6 heteroatoms. The zero-order valence-corrected chi connectivity index (χ0v) is 44.2. The number of hydrogen-bond acceptors (Lipinski definition) is 6. The molecule has 0 saturated carbocycles. The molecular weight excluding hydrogens is 829 g/mol. The van der Waals surface area contributed by atoms with Crippen molar-refractivity contribution in [3.63, 3.8) is 0 Å². The second-order valence-corrected chi connectivity index (χ2v) is 18.8. The first kappa shape index (κ1) is 63.8. The number of esters is 3. The van der Waals surface area contributed by atoms with Crippen LogP contribution < -0.4 is 0 Å². The van der Waals surface area contributed by atoms with Crippen LogP contribution in [-0.2, 0) is 28.6 Å². The van der Waals surface area contributed by atoms with Gasteiger partial charge in [0.1, 0.15) is 13.2 Å². The van der Waals surface area contributed by atoms with Crippen molar-refractivity contribution in [1.82, 2.24) is 0 Å². The topological polar surface area (TPSA) is 78.9 Å². The van der Waals surface area contributed by atoms with E-state index in [1.165, 1.54) is 167 Å². The van der Waals surface area contributed by atoms with Gasteiger partial charge in [-0.15, -0.1) is 0 Å². The maximum absolute atomic E-state index is 12.8. The monoisotopic (exact) mass is 935 g/mol. The van der Waals surface area contributed by atoms with Crippen LogP contribution in [0, 0.1) is 0 Å². The minimum atomic E-state index is -0.801. The van der Waals surface area contributed by atoms with Gasteiger partial charge in [0.15, 0.2) is 6.10 Å². The molecule has 1 atom stereocenters. The Bertz CT molecular complexity index is 1260. The van der Waals surface area contributed by atoms with Crippen molar-refractivity contribution >= 4 is 17.9 Å². The Labute approximate surface area is 414 Å². The quantitative estimate of drug-likeness (QED) is 0.0262. The first-order chi connectivity index (χ1) is 33.0. The van der Waals surface area contributed by atoms with Crippen LogP contribution in [0.5, 0.6) is 0 Å². The van der Waals surface area contributed by atoms with E-state index in [4.69, 9.17) is 14.2 Å². The first-order valence-electron chi connectivity index (χ1n) is 28.4. The van der Waals surface area contributed by atoms with Gasteiger partial charge < -0.3 is 14.2 Å². The number of hydrogen-bond donors (Lipinski definition) is 0. The number of ether oxygens (including phenoxy) is 3. The van der Waals surface area contributed by atoms with Crippen LogP contribution in [0.3, 0.4) is 0 Å². The highest BCUT2D eigenvalue weighted by Gasteiger charge is 2.19. The summed E-state index contributed by atoms with van der Waals surface area (Å²) in [6.45, 7) is 6.56. The number of carbonyl (C=O) groups is 3. The van der Waals surface area contributed by atoms with Gasteiger partial charge in [-0.3, -0.25) is 14.4 Å². The predicted molar refractivity (Wildman–Crippen MR) is 288 cm³/mol. The van der Waals surface area contributed by atoms with E-state index in [0.29, 0.717) is 19.3 Å². The molecule has 6 nitrogen and oxygen atoms in total. The second-order valence-electron chi connectivity index (χ2n) is 18.8. The molecule has 0 aliphatic carbocycles. The maximum Gasteiger partial charge on any atom is 0.306 e. The van der Waals surface area contributed by atoms with Crippen molar-refractivity contribution < 1.29 is 28.6 Å². The summed E-state index contributed by atoms with van der Waals surface area (Å²) >= 11 is 0. The van der Waals surface area contributed by atoms with Gasteiger partial charge in [0.05, 0.1) is 0 Å². The average Bonchev–Trinajstić information content (AvgIpc) is 3.33. The van der Waals surface area contributed by atoms with Crippen molar-refractivity contribution in [2.24, 2.45) is 0 Å². The third kappa shape index (κ3) is 53.7. The Kier molecular flexibility index (Phi) is 52.8. The molecule has 0 N–H and O–H groups in total. The number of rotatable bonds is 51. The highest BCUT2D eigenvalue weighted by Crippen LogP contribution is 2.14. The molecule has 0 aromatic heterocycles. The minimum absolute atomic E-state index is 0.0957. The molecule has 0 bridgehead atoms. The lowest BCUT2D eigenvalue weighted by molar-refractivity contribution is -0.167. The van der Waals surface area contributed by atoms with E-state index in [9.17, 15) is 14.4 Å². The molecule has 0 saturated heterocycles. The molecule has 0 heterocycles. The van der Waals surface area contributed by atoms with Gasteiger partial charge in [0.25, 0.3) is 0 Å². The summed E-state index contributed by atoms with van der Waals surface area (Å²) in [6, 6.07) is 0. The van der Waals surface area contributed by atoms with Crippen LogP contribution in [0.4, 0.5) is 0 Å². The summed E-state index contributed by atoms with van der Waals surface area (Å²) < 4.78 is 16.8. The largest absolute Gasteiger partial charge is 0.462 e. The molecule has 0 aromatic rings. The van der Waals surface area contributed by atoms with Crippen LogP contribution in [-0.4, -0.2) is 37.2 Å². The lowest BCUT2D eigenvalue weighted by Crippen LogP contribution is -2.30. The van der Waals surface area contributed by atoms with Crippen molar-refractivity contribution in [3.8, 4) is 0 Å². The van der Waals surface area contributed by atoms with Crippen LogP contribution >= 0.6 is 0 Å². The number of unbranched alkanes of at least 4 members (excludes halogenated alkanes) is 28. The molecule has 0 rings (SSSR count). The third-order valence-corrected chi connectivity index (χ3v) is 12.2. The molecule has 0 aliphatic heterocycles. The SMILES string of the molecule is CCCCC/C=C/C/C=C/C/C=C/C/C=C/CCCC(=O)OC[C@@H](COC(=O)CCCCCCCCC/C=C/CCCCCC)OC(=O)CCCCCCCCC/C=C/CCCCCCCC. The van der Waals surface area contributed by atoms with Crippen molar-refractivity contribution in [2.45, 2.75) is 284 Å². The average molecular weight is 936 g/mol. The second kappa shape index (κ2) is 55.4. The van der Waals surface area contributed by atoms with E-state index < -0.39 is 6.10 Å². The van der Waals surface area contributed by atoms with E-state index in [-0.39, 0.29) is 37.5 Å². The van der Waals surface area contributed by atoms with Gasteiger partial charge >= 0.3 is 17.9 Å². The Morgan fingerprint density at radius 3 is 0.955 bits per heavy atom. The van der Waals surface area contributed by atoms with Crippen LogP contribution in [0.2, 0.25) is 0 Å². The third-order valence-electron chi connectivity index (χ3n) is 12.2. The fourth-order valence-electron chi connectivity index (χ4n) is 7.84. The highest BCUT2D eigenvalue weighted by molar-refractivity contribution is 5.71. The number of allylic oxidation sites excluding steroid dienone is 12. The molecule has 0 fully saturated rings. The summed E-state index contributed by atoms with van der Waals surface area (Å²) in [7, 11) is 0. The first-order valence-corrected chi connectivity index (χ1v) is 28.4. The van der Waals surface area contributed by atoms with Gasteiger partial charge in [-0.25, -0.2) is 0 Å². The Morgan fingerprint density at radius 2 is 0.552 bits per heavy atom. The van der Waals surface area contributed by atoms with E-state index in [2.05, 4.69) is 93.7 Å². The summed E-state index contributed by atoms with van der Waals surface area (Å²) in [4.78, 5) is 38.1. The lowest BCUT2D eigenvalue weighted by atomic mass is 10.1. The zero-order chi connectivity index (χ0) is 48.6. The molecule has 0 aromatic carbocycles. The smallest absolute Gasteiger partial charge is 0.306 e. The molecular formula is C61H106O6. The van der Waals surface area contributed by atoms with Crippen LogP contribution in [0.25, 0.3) is 0 Å². The van der Waals surface area contributed by atoms with Gasteiger partial charge in [-0.2, -0.15) is 0 Å². The van der Waals surface area contributed by atoms with E-state index >= 15 is 0 Å². The van der Waals surface area contributed by atoms with Crippen LogP contribution in [0.15, 0.2) is 72.9 Å². The van der Waals surface area contributed by atoms with Crippen molar-refractivity contribution in [3.05, 3.63) is 72.9 Å². The Balaban J connectivity index is 4.47. The normalized spacial score (nSPS) is 12.6. The summed E-state index contributed by atoms with van der Waals surface area (Å²) in [6.07, 6.45) is 70.3. The fraction of sp³-hybridized carbons (Fsp3) is 0.754. The minimum Gasteiger partial charge on any atom is -0.462 e. The van der Waals surface area contributed by atoms with Gasteiger partial charge in [0.2, 0.25) is 0 Å². The molecule has 0 unspecified atom stereocenters. The molecule has 0 aliphatic rings. The van der Waals surface area contributed by atoms with Crippen molar-refractivity contribution in [2.75, 3.05) is 13.2 Å². The Morgan fingerprint density at radius 1 is 0.299 bits per heavy atom. The maximum atomic E-state index is 12.8. The molecule has 0 amide bonds. The molecule has 67 heavy (non-hydrogen) atoms. The van der Waals surface area contributed by atoms with E-state index in [1.807, 2.05) is 0 Å². The summed E-state index contributed by atoms with van der Waals surface area (Å²) in [5.74, 6) is -0.956. The lowest BCUT2D eigenvalue weighted by Gasteiger charge is -2.18.